The second kappa shape index (κ2) is 6.09. The molecular formula is C15H17ClN2O2. The molecule has 4 nitrogen and oxygen atoms in total. The van der Waals surface area contributed by atoms with E-state index >= 15 is 0 Å². The Bertz CT molecular complexity index is 618. The first kappa shape index (κ1) is 14.6. The van der Waals surface area contributed by atoms with E-state index in [-0.39, 0.29) is 5.91 Å². The summed E-state index contributed by atoms with van der Waals surface area (Å²) < 4.78 is 6.82. The summed E-state index contributed by atoms with van der Waals surface area (Å²) >= 11 is 6.06. The molecule has 106 valence electrons. The predicted octanol–water partition coefficient (Wildman–Crippen LogP) is 3.63. The molecule has 0 spiro atoms. The van der Waals surface area contributed by atoms with Crippen molar-refractivity contribution >= 4 is 17.5 Å². The zero-order valence-corrected chi connectivity index (χ0v) is 12.6. The average molecular weight is 293 g/mol. The standard InChI is InChI=1S/C15H17ClN2O2/c1-4-9-20-13-7-5-12(6-8-13)15(19)18-11(3)14(16)10(2)17-18/h5-8H,4,9H2,1-3H3. The number of hydrogen-bond acceptors (Lipinski definition) is 3. The maximum atomic E-state index is 12.4. The normalized spacial score (nSPS) is 10.6. The first-order valence-electron chi connectivity index (χ1n) is 6.54. The third kappa shape index (κ3) is 2.85. The van der Waals surface area contributed by atoms with E-state index in [1.165, 1.54) is 4.68 Å². The van der Waals surface area contributed by atoms with Gasteiger partial charge in [0, 0.05) is 5.56 Å². The van der Waals surface area contributed by atoms with Gasteiger partial charge in [0.05, 0.1) is 23.0 Å². The van der Waals surface area contributed by atoms with Crippen molar-refractivity contribution in [3.63, 3.8) is 0 Å². The van der Waals surface area contributed by atoms with Crippen LogP contribution in [-0.4, -0.2) is 22.3 Å². The first-order chi connectivity index (χ1) is 9.54. The van der Waals surface area contributed by atoms with Crippen LogP contribution >= 0.6 is 11.6 Å². The van der Waals surface area contributed by atoms with Crippen molar-refractivity contribution < 1.29 is 9.53 Å². The van der Waals surface area contributed by atoms with Crippen LogP contribution < -0.4 is 4.74 Å². The smallest absolute Gasteiger partial charge is 0.278 e. The predicted molar refractivity (Wildman–Crippen MR) is 78.7 cm³/mol. The van der Waals surface area contributed by atoms with Crippen molar-refractivity contribution in [2.24, 2.45) is 0 Å². The lowest BCUT2D eigenvalue weighted by Gasteiger charge is -2.06. The fraction of sp³-hybridized carbons (Fsp3) is 0.333. The van der Waals surface area contributed by atoms with E-state index in [0.29, 0.717) is 28.6 Å². The second-order valence-electron chi connectivity index (χ2n) is 4.57. The van der Waals surface area contributed by atoms with E-state index in [4.69, 9.17) is 16.3 Å². The molecule has 0 fully saturated rings. The van der Waals surface area contributed by atoms with Gasteiger partial charge in [-0.05, 0) is 44.5 Å². The zero-order valence-electron chi connectivity index (χ0n) is 11.8. The molecule has 1 aromatic heterocycles. The Morgan fingerprint density at radius 2 is 1.95 bits per heavy atom. The third-order valence-corrected chi connectivity index (χ3v) is 3.52. The summed E-state index contributed by atoms with van der Waals surface area (Å²) in [6.07, 6.45) is 0.949. The Labute approximate surface area is 123 Å². The fourth-order valence-electron chi connectivity index (χ4n) is 1.86. The molecule has 0 aliphatic carbocycles. The number of benzene rings is 1. The van der Waals surface area contributed by atoms with Gasteiger partial charge in [-0.3, -0.25) is 4.79 Å². The number of hydrogen-bond donors (Lipinski definition) is 0. The Morgan fingerprint density at radius 1 is 1.30 bits per heavy atom. The first-order valence-corrected chi connectivity index (χ1v) is 6.91. The summed E-state index contributed by atoms with van der Waals surface area (Å²) in [5, 5.41) is 4.69. The van der Waals surface area contributed by atoms with Gasteiger partial charge in [0.15, 0.2) is 0 Å². The molecular weight excluding hydrogens is 276 g/mol. The van der Waals surface area contributed by atoms with Gasteiger partial charge in [0.1, 0.15) is 5.75 Å². The van der Waals surface area contributed by atoms with E-state index in [1.54, 1.807) is 38.1 Å². The van der Waals surface area contributed by atoms with E-state index in [1.807, 2.05) is 6.92 Å². The molecule has 2 aromatic rings. The van der Waals surface area contributed by atoms with Crippen molar-refractivity contribution in [2.75, 3.05) is 6.61 Å². The van der Waals surface area contributed by atoms with Gasteiger partial charge < -0.3 is 4.74 Å². The van der Waals surface area contributed by atoms with Crippen LogP contribution in [0.4, 0.5) is 0 Å². The maximum Gasteiger partial charge on any atom is 0.278 e. The summed E-state index contributed by atoms with van der Waals surface area (Å²) in [7, 11) is 0. The van der Waals surface area contributed by atoms with Gasteiger partial charge in [-0.2, -0.15) is 9.78 Å². The van der Waals surface area contributed by atoms with E-state index < -0.39 is 0 Å². The number of halogens is 1. The Morgan fingerprint density at radius 3 is 2.45 bits per heavy atom. The maximum absolute atomic E-state index is 12.4. The van der Waals surface area contributed by atoms with Crippen molar-refractivity contribution in [1.29, 1.82) is 0 Å². The Balaban J connectivity index is 2.22. The molecule has 0 aliphatic rings. The van der Waals surface area contributed by atoms with Crippen molar-refractivity contribution in [3.05, 3.63) is 46.2 Å². The summed E-state index contributed by atoms with van der Waals surface area (Å²) in [6.45, 7) is 6.27. The number of nitrogens with zero attached hydrogens (tertiary/aromatic N) is 2. The number of carbonyl (C=O) groups excluding carboxylic acids is 1. The summed E-state index contributed by atoms with van der Waals surface area (Å²) in [6, 6.07) is 7.04. The van der Waals surface area contributed by atoms with Gasteiger partial charge in [-0.15, -0.1) is 0 Å². The minimum atomic E-state index is -0.195. The lowest BCUT2D eigenvalue weighted by Crippen LogP contribution is -2.15. The van der Waals surface area contributed by atoms with E-state index in [0.717, 1.165) is 12.2 Å². The molecule has 5 heteroatoms. The van der Waals surface area contributed by atoms with Crippen LogP contribution in [0.5, 0.6) is 5.75 Å². The van der Waals surface area contributed by atoms with E-state index in [2.05, 4.69) is 5.10 Å². The van der Waals surface area contributed by atoms with Crippen LogP contribution in [0.15, 0.2) is 24.3 Å². The topological polar surface area (TPSA) is 44.1 Å². The number of ether oxygens (including phenoxy) is 1. The van der Waals surface area contributed by atoms with Crippen molar-refractivity contribution in [2.45, 2.75) is 27.2 Å². The molecule has 0 radical (unpaired) electrons. The summed E-state index contributed by atoms with van der Waals surface area (Å²) in [4.78, 5) is 12.4. The number of rotatable bonds is 4. The van der Waals surface area contributed by atoms with Gasteiger partial charge in [-0.1, -0.05) is 18.5 Å². The Kier molecular flexibility index (Phi) is 4.45. The number of aromatic nitrogens is 2. The van der Waals surface area contributed by atoms with Crippen LogP contribution in [-0.2, 0) is 0 Å². The van der Waals surface area contributed by atoms with Crippen LogP contribution in [0.25, 0.3) is 0 Å². The molecule has 2 rings (SSSR count). The minimum absolute atomic E-state index is 0.195. The number of carbonyl (C=O) groups is 1. The monoisotopic (exact) mass is 292 g/mol. The molecule has 0 N–H and O–H groups in total. The van der Waals surface area contributed by atoms with E-state index in [9.17, 15) is 4.79 Å². The minimum Gasteiger partial charge on any atom is -0.494 e. The van der Waals surface area contributed by atoms with Crippen LogP contribution in [0.3, 0.4) is 0 Å². The Hall–Kier alpha value is -1.81. The highest BCUT2D eigenvalue weighted by Gasteiger charge is 2.16. The molecule has 0 saturated carbocycles. The number of aryl methyl sites for hydroxylation is 1. The molecule has 0 unspecified atom stereocenters. The SMILES string of the molecule is CCCOc1ccc(C(=O)n2nc(C)c(Cl)c2C)cc1. The molecule has 20 heavy (non-hydrogen) atoms. The van der Waals surface area contributed by atoms with Gasteiger partial charge >= 0.3 is 0 Å². The quantitative estimate of drug-likeness (QED) is 0.864. The largest absolute Gasteiger partial charge is 0.494 e. The summed E-state index contributed by atoms with van der Waals surface area (Å²) in [5.41, 5.74) is 1.86. The van der Waals surface area contributed by atoms with Gasteiger partial charge in [-0.25, -0.2) is 0 Å². The highest BCUT2D eigenvalue weighted by molar-refractivity contribution is 6.32. The molecule has 0 bridgehead atoms. The molecule has 1 heterocycles. The van der Waals surface area contributed by atoms with Gasteiger partial charge in [0.2, 0.25) is 0 Å². The van der Waals surface area contributed by atoms with Crippen molar-refractivity contribution in [1.82, 2.24) is 9.78 Å². The molecule has 1 aromatic carbocycles. The molecule has 0 saturated heterocycles. The second-order valence-corrected chi connectivity index (χ2v) is 4.95. The molecule has 0 aliphatic heterocycles. The molecule has 0 atom stereocenters. The lowest BCUT2D eigenvalue weighted by atomic mass is 10.2. The lowest BCUT2D eigenvalue weighted by molar-refractivity contribution is 0.0942. The van der Waals surface area contributed by atoms with Crippen molar-refractivity contribution in [3.8, 4) is 5.75 Å². The molecule has 0 amide bonds. The van der Waals surface area contributed by atoms with Gasteiger partial charge in [0.25, 0.3) is 5.91 Å². The third-order valence-electron chi connectivity index (χ3n) is 2.97. The van der Waals surface area contributed by atoms with Crippen LogP contribution in [0.1, 0.15) is 35.1 Å². The zero-order chi connectivity index (χ0) is 14.7. The van der Waals surface area contributed by atoms with Crippen LogP contribution in [0, 0.1) is 13.8 Å². The highest BCUT2D eigenvalue weighted by atomic mass is 35.5. The summed E-state index contributed by atoms with van der Waals surface area (Å²) in [5.74, 6) is 0.564. The fourth-order valence-corrected chi connectivity index (χ4v) is 1.98. The highest BCUT2D eigenvalue weighted by Crippen LogP contribution is 2.20. The van der Waals surface area contributed by atoms with Crippen LogP contribution in [0.2, 0.25) is 5.02 Å². The average Bonchev–Trinajstić information content (AvgIpc) is 2.72.